The van der Waals surface area contributed by atoms with Gasteiger partial charge < -0.3 is 5.11 Å². The van der Waals surface area contributed by atoms with Gasteiger partial charge in [-0.3, -0.25) is 0 Å². The van der Waals surface area contributed by atoms with Crippen LogP contribution in [0.25, 0.3) is 0 Å². The Morgan fingerprint density at radius 3 is 2.43 bits per heavy atom. The summed E-state index contributed by atoms with van der Waals surface area (Å²) in [6.45, 7) is 2.20. The lowest BCUT2D eigenvalue weighted by Crippen LogP contribution is -2.50. The molecule has 2 bridgehead atoms. The lowest BCUT2D eigenvalue weighted by molar-refractivity contribution is -0.123. The quantitative estimate of drug-likeness (QED) is 0.680. The molecule has 14 heavy (non-hydrogen) atoms. The van der Waals surface area contributed by atoms with Crippen LogP contribution in [0.15, 0.2) is 0 Å². The lowest BCUT2D eigenvalue weighted by Gasteiger charge is -2.48. The van der Waals surface area contributed by atoms with Gasteiger partial charge in [-0.2, -0.15) is 0 Å². The molecule has 3 aliphatic carbocycles. The molecule has 3 rings (SSSR count). The molecule has 0 aliphatic heterocycles. The summed E-state index contributed by atoms with van der Waals surface area (Å²) in [4.78, 5) is 0. The molecule has 0 heterocycles. The molecule has 1 nitrogen and oxygen atoms in total. The largest absolute Gasteiger partial charge is 0.389 e. The molecule has 0 aromatic carbocycles. The Bertz CT molecular complexity index is 242. The molecule has 0 saturated heterocycles. The molecule has 1 spiro atoms. The standard InChI is InChI=1S/C13H22O/c1-2-13(14)11-6-5-10(9-11)12(13)7-3-4-8-12/h10-11,14H,2-9H2,1H3. The number of hydrogen-bond donors (Lipinski definition) is 1. The van der Waals surface area contributed by atoms with Gasteiger partial charge in [-0.25, -0.2) is 0 Å². The Balaban J connectivity index is 2.01. The Morgan fingerprint density at radius 2 is 1.79 bits per heavy atom. The van der Waals surface area contributed by atoms with Crippen molar-refractivity contribution < 1.29 is 5.11 Å². The molecule has 0 amide bonds. The minimum absolute atomic E-state index is 0.271. The topological polar surface area (TPSA) is 20.2 Å². The second kappa shape index (κ2) is 2.75. The van der Waals surface area contributed by atoms with Crippen LogP contribution in [0.5, 0.6) is 0 Å². The highest BCUT2D eigenvalue weighted by molar-refractivity contribution is 5.16. The fourth-order valence-electron chi connectivity index (χ4n) is 5.16. The van der Waals surface area contributed by atoms with Crippen molar-refractivity contribution in [2.45, 2.75) is 63.9 Å². The fourth-order valence-corrected chi connectivity index (χ4v) is 5.16. The summed E-state index contributed by atoms with van der Waals surface area (Å²) in [6.07, 6.45) is 10.4. The first-order valence-corrected chi connectivity index (χ1v) is 6.45. The van der Waals surface area contributed by atoms with E-state index in [2.05, 4.69) is 6.92 Å². The van der Waals surface area contributed by atoms with Crippen LogP contribution in [0.2, 0.25) is 0 Å². The van der Waals surface area contributed by atoms with Gasteiger partial charge >= 0.3 is 0 Å². The van der Waals surface area contributed by atoms with Gasteiger partial charge in [0.1, 0.15) is 0 Å². The maximum absolute atomic E-state index is 10.9. The van der Waals surface area contributed by atoms with Gasteiger partial charge in [0.05, 0.1) is 5.60 Å². The fraction of sp³-hybridized carbons (Fsp3) is 1.00. The molecular formula is C13H22O. The predicted octanol–water partition coefficient (Wildman–Crippen LogP) is 3.12. The molecule has 1 heteroatoms. The number of hydrogen-bond acceptors (Lipinski definition) is 1. The highest BCUT2D eigenvalue weighted by Gasteiger charge is 2.65. The Labute approximate surface area is 86.9 Å². The van der Waals surface area contributed by atoms with E-state index in [4.69, 9.17) is 0 Å². The van der Waals surface area contributed by atoms with Gasteiger partial charge in [0.2, 0.25) is 0 Å². The first-order chi connectivity index (χ1) is 6.73. The molecule has 0 aromatic rings. The summed E-state index contributed by atoms with van der Waals surface area (Å²) in [6, 6.07) is 0. The minimum Gasteiger partial charge on any atom is -0.389 e. The zero-order valence-corrected chi connectivity index (χ0v) is 9.26. The van der Waals surface area contributed by atoms with Crippen LogP contribution < -0.4 is 0 Å². The summed E-state index contributed by atoms with van der Waals surface area (Å²) in [5, 5.41) is 10.9. The molecular weight excluding hydrogens is 172 g/mol. The second-order valence-corrected chi connectivity index (χ2v) is 5.85. The van der Waals surface area contributed by atoms with Gasteiger partial charge in [-0.1, -0.05) is 19.8 Å². The molecule has 3 fully saturated rings. The zero-order valence-electron chi connectivity index (χ0n) is 9.26. The van der Waals surface area contributed by atoms with Gasteiger partial charge in [-0.05, 0) is 50.4 Å². The van der Waals surface area contributed by atoms with E-state index in [1.807, 2.05) is 0 Å². The average molecular weight is 194 g/mol. The zero-order chi connectivity index (χ0) is 9.81. The van der Waals surface area contributed by atoms with Crippen LogP contribution in [-0.4, -0.2) is 10.7 Å². The number of rotatable bonds is 1. The maximum Gasteiger partial charge on any atom is 0.0731 e. The average Bonchev–Trinajstić information content (AvgIpc) is 2.88. The molecule has 0 aromatic heterocycles. The van der Waals surface area contributed by atoms with Crippen molar-refractivity contribution in [2.24, 2.45) is 17.3 Å². The number of fused-ring (bicyclic) bond motifs is 3. The Hall–Kier alpha value is -0.0400. The van der Waals surface area contributed by atoms with Crippen LogP contribution in [-0.2, 0) is 0 Å². The van der Waals surface area contributed by atoms with Crippen molar-refractivity contribution in [3.8, 4) is 0 Å². The van der Waals surface area contributed by atoms with Crippen LogP contribution in [0.1, 0.15) is 58.3 Å². The predicted molar refractivity (Wildman–Crippen MR) is 57.0 cm³/mol. The van der Waals surface area contributed by atoms with Crippen molar-refractivity contribution in [2.75, 3.05) is 0 Å². The maximum atomic E-state index is 10.9. The smallest absolute Gasteiger partial charge is 0.0731 e. The van der Waals surface area contributed by atoms with Gasteiger partial charge in [0.15, 0.2) is 0 Å². The SMILES string of the molecule is CCC1(O)C2CCC(C2)C12CCCC2. The summed E-state index contributed by atoms with van der Waals surface area (Å²) < 4.78 is 0. The third-order valence-electron chi connectivity index (χ3n) is 5.79. The second-order valence-electron chi connectivity index (χ2n) is 5.85. The normalized spacial score (nSPS) is 49.3. The lowest BCUT2D eigenvalue weighted by atomic mass is 9.61. The highest BCUT2D eigenvalue weighted by atomic mass is 16.3. The monoisotopic (exact) mass is 194 g/mol. The highest BCUT2D eigenvalue weighted by Crippen LogP contribution is 2.68. The van der Waals surface area contributed by atoms with Gasteiger partial charge in [-0.15, -0.1) is 0 Å². The molecule has 3 saturated carbocycles. The first-order valence-electron chi connectivity index (χ1n) is 6.45. The third-order valence-corrected chi connectivity index (χ3v) is 5.79. The molecule has 3 aliphatic rings. The minimum atomic E-state index is -0.271. The van der Waals surface area contributed by atoms with Crippen LogP contribution in [0, 0.1) is 17.3 Å². The molecule has 1 N–H and O–H groups in total. The van der Waals surface area contributed by atoms with Crippen molar-refractivity contribution in [1.82, 2.24) is 0 Å². The van der Waals surface area contributed by atoms with Crippen molar-refractivity contribution in [1.29, 1.82) is 0 Å². The van der Waals surface area contributed by atoms with E-state index >= 15 is 0 Å². The summed E-state index contributed by atoms with van der Waals surface area (Å²) in [5.74, 6) is 1.52. The molecule has 3 atom stereocenters. The third kappa shape index (κ3) is 0.816. The summed E-state index contributed by atoms with van der Waals surface area (Å²) >= 11 is 0. The van der Waals surface area contributed by atoms with E-state index in [0.29, 0.717) is 11.3 Å². The molecule has 0 radical (unpaired) electrons. The first kappa shape index (κ1) is 9.21. The van der Waals surface area contributed by atoms with E-state index < -0.39 is 0 Å². The van der Waals surface area contributed by atoms with Crippen molar-refractivity contribution in [3.05, 3.63) is 0 Å². The number of aliphatic hydroxyl groups is 1. The Morgan fingerprint density at radius 1 is 1.14 bits per heavy atom. The van der Waals surface area contributed by atoms with E-state index in [1.165, 1.54) is 44.9 Å². The summed E-state index contributed by atoms with van der Waals surface area (Å²) in [5.41, 5.74) is 0.0943. The van der Waals surface area contributed by atoms with Crippen LogP contribution in [0.3, 0.4) is 0 Å². The van der Waals surface area contributed by atoms with Crippen molar-refractivity contribution in [3.63, 3.8) is 0 Å². The van der Waals surface area contributed by atoms with E-state index in [-0.39, 0.29) is 5.60 Å². The van der Waals surface area contributed by atoms with Gasteiger partial charge in [0, 0.05) is 5.41 Å². The van der Waals surface area contributed by atoms with Crippen molar-refractivity contribution >= 4 is 0 Å². The van der Waals surface area contributed by atoms with E-state index in [1.54, 1.807) is 0 Å². The van der Waals surface area contributed by atoms with E-state index in [0.717, 1.165) is 12.3 Å². The Kier molecular flexibility index (Phi) is 1.81. The van der Waals surface area contributed by atoms with Crippen LogP contribution >= 0.6 is 0 Å². The molecule has 80 valence electrons. The van der Waals surface area contributed by atoms with Crippen LogP contribution in [0.4, 0.5) is 0 Å². The molecule has 3 unspecified atom stereocenters. The van der Waals surface area contributed by atoms with Gasteiger partial charge in [0.25, 0.3) is 0 Å². The summed E-state index contributed by atoms with van der Waals surface area (Å²) in [7, 11) is 0. The van der Waals surface area contributed by atoms with E-state index in [9.17, 15) is 5.11 Å².